The molecule has 2 atom stereocenters. The number of hydrogen-bond acceptors (Lipinski definition) is 4. The van der Waals surface area contributed by atoms with Crippen LogP contribution in [0.2, 0.25) is 0 Å². The van der Waals surface area contributed by atoms with Crippen LogP contribution in [0.25, 0.3) is 0 Å². The largest absolute Gasteiger partial charge is 0.395 e. The van der Waals surface area contributed by atoms with Gasteiger partial charge in [0.2, 0.25) is 0 Å². The molecule has 0 saturated heterocycles. The van der Waals surface area contributed by atoms with E-state index in [0.29, 0.717) is 6.42 Å². The Kier molecular flexibility index (Phi) is 6.70. The van der Waals surface area contributed by atoms with Gasteiger partial charge < -0.3 is 10.8 Å². The minimum atomic E-state index is -2.43. The van der Waals surface area contributed by atoms with Gasteiger partial charge in [0.1, 0.15) is 0 Å². The topological polar surface area (TPSA) is 49.5 Å². The van der Waals surface area contributed by atoms with E-state index < -0.39 is 6.43 Å². The highest BCUT2D eigenvalue weighted by Crippen LogP contribution is 2.27. The molecule has 1 aromatic heterocycles. The minimum Gasteiger partial charge on any atom is -0.395 e. The number of hydrogen-bond donors (Lipinski definition) is 2. The summed E-state index contributed by atoms with van der Waals surface area (Å²) in [7, 11) is 0. The van der Waals surface area contributed by atoms with Crippen LogP contribution < -0.4 is 5.73 Å². The molecule has 0 amide bonds. The number of thiophene rings is 1. The number of nitrogens with zero attached hydrogens (tertiary/aromatic N) is 1. The van der Waals surface area contributed by atoms with E-state index in [-0.39, 0.29) is 31.8 Å². The summed E-state index contributed by atoms with van der Waals surface area (Å²) < 4.78 is 25.2. The van der Waals surface area contributed by atoms with Crippen LogP contribution >= 0.6 is 11.3 Å². The molecule has 0 spiro atoms. The van der Waals surface area contributed by atoms with E-state index in [1.807, 2.05) is 23.8 Å². The first-order chi connectivity index (χ1) is 8.60. The Hall–Kier alpha value is -0.560. The maximum Gasteiger partial charge on any atom is 0.251 e. The van der Waals surface area contributed by atoms with Crippen LogP contribution in [0.4, 0.5) is 8.78 Å². The average molecular weight is 278 g/mol. The van der Waals surface area contributed by atoms with E-state index >= 15 is 0 Å². The molecule has 0 saturated carbocycles. The fourth-order valence-corrected chi connectivity index (χ4v) is 2.73. The summed E-state index contributed by atoms with van der Waals surface area (Å²) in [6.07, 6.45) is -1.73. The maximum absolute atomic E-state index is 12.6. The number of nitrogens with two attached hydrogens (primary N) is 1. The average Bonchev–Trinajstić information content (AvgIpc) is 2.82. The number of alkyl halides is 2. The van der Waals surface area contributed by atoms with E-state index in [9.17, 15) is 8.78 Å². The molecule has 104 valence electrons. The summed E-state index contributed by atoms with van der Waals surface area (Å²) in [5, 5.41) is 12.9. The first kappa shape index (κ1) is 15.5. The highest BCUT2D eigenvalue weighted by Gasteiger charge is 2.27. The summed E-state index contributed by atoms with van der Waals surface area (Å²) in [6, 6.07) is 1.42. The van der Waals surface area contributed by atoms with Crippen LogP contribution in [0.3, 0.4) is 0 Å². The Bertz CT molecular complexity index is 322. The molecule has 0 aliphatic rings. The zero-order valence-electron chi connectivity index (χ0n) is 10.4. The number of halogens is 2. The van der Waals surface area contributed by atoms with E-state index in [4.69, 9.17) is 10.8 Å². The lowest BCUT2D eigenvalue weighted by molar-refractivity contribution is 0.0468. The van der Waals surface area contributed by atoms with E-state index in [1.165, 1.54) is 11.3 Å². The quantitative estimate of drug-likeness (QED) is 0.765. The molecule has 0 aromatic carbocycles. The van der Waals surface area contributed by atoms with Gasteiger partial charge in [-0.3, -0.25) is 4.90 Å². The molecule has 0 aliphatic heterocycles. The molecule has 0 bridgehead atoms. The van der Waals surface area contributed by atoms with Gasteiger partial charge in [0, 0.05) is 12.6 Å². The van der Waals surface area contributed by atoms with Crippen molar-refractivity contribution in [3.05, 3.63) is 22.4 Å². The van der Waals surface area contributed by atoms with Crippen molar-refractivity contribution in [2.75, 3.05) is 19.7 Å². The fourth-order valence-electron chi connectivity index (χ4n) is 2.05. The van der Waals surface area contributed by atoms with Gasteiger partial charge in [0.15, 0.2) is 0 Å². The van der Waals surface area contributed by atoms with E-state index in [2.05, 4.69) is 0 Å². The normalized spacial score (nSPS) is 15.3. The van der Waals surface area contributed by atoms with Gasteiger partial charge >= 0.3 is 0 Å². The highest BCUT2D eigenvalue weighted by molar-refractivity contribution is 7.07. The summed E-state index contributed by atoms with van der Waals surface area (Å²) in [6.45, 7) is 1.63. The fraction of sp³-hybridized carbons (Fsp3) is 0.667. The Labute approximate surface area is 110 Å². The molecule has 1 heterocycles. The van der Waals surface area contributed by atoms with Crippen molar-refractivity contribution < 1.29 is 13.9 Å². The van der Waals surface area contributed by atoms with Crippen molar-refractivity contribution in [3.8, 4) is 0 Å². The van der Waals surface area contributed by atoms with Crippen LogP contribution in [0.15, 0.2) is 16.8 Å². The molecule has 3 nitrogen and oxygen atoms in total. The van der Waals surface area contributed by atoms with Crippen molar-refractivity contribution in [2.24, 2.45) is 5.73 Å². The predicted molar refractivity (Wildman–Crippen MR) is 70.0 cm³/mol. The summed E-state index contributed by atoms with van der Waals surface area (Å²) >= 11 is 1.52. The summed E-state index contributed by atoms with van der Waals surface area (Å²) in [5.74, 6) is 0. The highest BCUT2D eigenvalue weighted by atomic mass is 32.1. The molecule has 0 aliphatic carbocycles. The Morgan fingerprint density at radius 2 is 2.22 bits per heavy atom. The van der Waals surface area contributed by atoms with Crippen molar-refractivity contribution in [1.82, 2.24) is 4.90 Å². The second-order valence-corrected chi connectivity index (χ2v) is 4.96. The van der Waals surface area contributed by atoms with Gasteiger partial charge in [0.25, 0.3) is 6.43 Å². The van der Waals surface area contributed by atoms with Crippen LogP contribution in [0.5, 0.6) is 0 Å². The van der Waals surface area contributed by atoms with Gasteiger partial charge in [-0.05, 0) is 28.8 Å². The molecule has 1 aromatic rings. The number of rotatable bonds is 8. The minimum absolute atomic E-state index is 0.149. The monoisotopic (exact) mass is 278 g/mol. The predicted octanol–water partition coefficient (Wildman–Crippen LogP) is 2.09. The molecular formula is C12H20F2N2OS. The third-order valence-electron chi connectivity index (χ3n) is 2.91. The first-order valence-corrected chi connectivity index (χ1v) is 6.95. The Morgan fingerprint density at radius 3 is 2.67 bits per heavy atom. The first-order valence-electron chi connectivity index (χ1n) is 6.00. The smallest absolute Gasteiger partial charge is 0.251 e. The van der Waals surface area contributed by atoms with Gasteiger partial charge in [-0.25, -0.2) is 8.78 Å². The van der Waals surface area contributed by atoms with Crippen LogP contribution in [0, 0.1) is 0 Å². The second kappa shape index (κ2) is 7.78. The standard InChI is InChI=1S/C12H20F2N2OS/c1-2-10(15)12(9-3-6-18-8-9)16(4-5-17)7-11(13)14/h3,6,8,10-12,17H,2,4-5,7,15H2,1H3. The molecule has 3 N–H and O–H groups in total. The molecule has 0 radical (unpaired) electrons. The molecule has 2 unspecified atom stereocenters. The molecular weight excluding hydrogens is 258 g/mol. The van der Waals surface area contributed by atoms with Crippen molar-refractivity contribution in [1.29, 1.82) is 0 Å². The van der Waals surface area contributed by atoms with Gasteiger partial charge in [-0.1, -0.05) is 6.92 Å². The molecule has 18 heavy (non-hydrogen) atoms. The number of aliphatic hydroxyl groups is 1. The van der Waals surface area contributed by atoms with Crippen molar-refractivity contribution in [3.63, 3.8) is 0 Å². The van der Waals surface area contributed by atoms with Gasteiger partial charge in [0.05, 0.1) is 19.2 Å². The lowest BCUT2D eigenvalue weighted by atomic mass is 9.98. The van der Waals surface area contributed by atoms with Crippen LogP contribution in [0.1, 0.15) is 24.9 Å². The van der Waals surface area contributed by atoms with Crippen LogP contribution in [-0.4, -0.2) is 42.2 Å². The molecule has 1 rings (SSSR count). The lowest BCUT2D eigenvalue weighted by Crippen LogP contribution is -2.44. The third-order valence-corrected chi connectivity index (χ3v) is 3.62. The summed E-state index contributed by atoms with van der Waals surface area (Å²) in [4.78, 5) is 1.57. The Morgan fingerprint density at radius 1 is 1.50 bits per heavy atom. The third kappa shape index (κ3) is 4.28. The summed E-state index contributed by atoms with van der Waals surface area (Å²) in [5.41, 5.74) is 7.00. The SMILES string of the molecule is CCC(N)C(c1ccsc1)N(CCO)CC(F)F. The lowest BCUT2D eigenvalue weighted by Gasteiger charge is -2.34. The van der Waals surface area contributed by atoms with E-state index in [0.717, 1.165) is 5.56 Å². The maximum atomic E-state index is 12.6. The van der Waals surface area contributed by atoms with Crippen LogP contribution in [-0.2, 0) is 0 Å². The van der Waals surface area contributed by atoms with Crippen molar-refractivity contribution in [2.45, 2.75) is 31.9 Å². The van der Waals surface area contributed by atoms with Gasteiger partial charge in [-0.2, -0.15) is 11.3 Å². The molecule has 0 fully saturated rings. The number of aliphatic hydroxyl groups excluding tert-OH is 1. The van der Waals surface area contributed by atoms with Gasteiger partial charge in [-0.15, -0.1) is 0 Å². The molecule has 6 heteroatoms. The second-order valence-electron chi connectivity index (χ2n) is 4.18. The van der Waals surface area contributed by atoms with Crippen molar-refractivity contribution >= 4 is 11.3 Å². The van der Waals surface area contributed by atoms with E-state index in [1.54, 1.807) is 4.90 Å². The Balaban J connectivity index is 2.90. The zero-order valence-corrected chi connectivity index (χ0v) is 11.2. The zero-order chi connectivity index (χ0) is 13.5.